The molecule has 1 N–H and O–H groups in total. The Hall–Kier alpha value is -2.43. The zero-order valence-electron chi connectivity index (χ0n) is 13.2. The normalized spacial score (nSPS) is 17.7. The smallest absolute Gasteiger partial charge is 0.225 e. The van der Waals surface area contributed by atoms with Gasteiger partial charge in [-0.2, -0.15) is 0 Å². The lowest BCUT2D eigenvalue weighted by Crippen LogP contribution is -2.44. The molecule has 1 aromatic heterocycles. The quantitative estimate of drug-likeness (QED) is 0.918. The van der Waals surface area contributed by atoms with Crippen molar-refractivity contribution < 1.29 is 4.79 Å². The van der Waals surface area contributed by atoms with E-state index in [2.05, 4.69) is 32.3 Å². The number of nitrogens with zero attached hydrogens (tertiary/aromatic N) is 3. The van der Waals surface area contributed by atoms with E-state index in [1.165, 1.54) is 5.56 Å². The molecule has 1 fully saturated rings. The van der Waals surface area contributed by atoms with Crippen molar-refractivity contribution in [2.75, 3.05) is 24.5 Å². The van der Waals surface area contributed by atoms with Crippen molar-refractivity contribution in [3.8, 4) is 0 Å². The number of benzene rings is 1. The molecule has 0 bridgehead atoms. The second kappa shape index (κ2) is 7.72. The molecule has 1 amide bonds. The maximum atomic E-state index is 12.4. The number of anilines is 1. The second-order valence-corrected chi connectivity index (χ2v) is 5.86. The molecule has 1 aliphatic heterocycles. The van der Waals surface area contributed by atoms with Gasteiger partial charge < -0.3 is 10.2 Å². The maximum Gasteiger partial charge on any atom is 0.225 e. The summed E-state index contributed by atoms with van der Waals surface area (Å²) in [6, 6.07) is 12.0. The largest absolute Gasteiger partial charge is 0.355 e. The molecule has 3 rings (SSSR count). The van der Waals surface area contributed by atoms with Crippen molar-refractivity contribution in [2.24, 2.45) is 5.92 Å². The van der Waals surface area contributed by atoms with Gasteiger partial charge in [-0.1, -0.05) is 30.3 Å². The molecule has 23 heavy (non-hydrogen) atoms. The summed E-state index contributed by atoms with van der Waals surface area (Å²) in [5.41, 5.74) is 1.25. The Morgan fingerprint density at radius 1 is 1.17 bits per heavy atom. The van der Waals surface area contributed by atoms with Crippen molar-refractivity contribution >= 4 is 11.9 Å². The molecule has 1 saturated heterocycles. The molecule has 5 nitrogen and oxygen atoms in total. The fourth-order valence-corrected chi connectivity index (χ4v) is 2.95. The number of rotatable bonds is 5. The van der Waals surface area contributed by atoms with Crippen LogP contribution in [0.1, 0.15) is 18.4 Å². The molecule has 2 aromatic rings. The third-order valence-electron chi connectivity index (χ3n) is 4.18. The van der Waals surface area contributed by atoms with Gasteiger partial charge in [-0.3, -0.25) is 4.79 Å². The molecule has 1 aliphatic rings. The molecule has 0 aliphatic carbocycles. The molecule has 0 radical (unpaired) electrons. The van der Waals surface area contributed by atoms with E-state index in [0.29, 0.717) is 19.0 Å². The van der Waals surface area contributed by atoms with E-state index < -0.39 is 0 Å². The van der Waals surface area contributed by atoms with Gasteiger partial charge in [-0.25, -0.2) is 9.97 Å². The number of piperidine rings is 1. The fourth-order valence-electron chi connectivity index (χ4n) is 2.95. The molecular formula is C18H22N4O. The standard InChI is InChI=1S/C18H22N4O/c23-17(19-12-9-15-6-2-1-3-7-15)16-8-4-13-22(14-16)18-20-10-5-11-21-18/h1-3,5-7,10-11,16H,4,8-9,12-14H2,(H,19,23)/t16-/m1/s1. The third kappa shape index (κ3) is 4.28. The van der Waals surface area contributed by atoms with Crippen LogP contribution in [0.15, 0.2) is 48.8 Å². The number of aromatic nitrogens is 2. The van der Waals surface area contributed by atoms with E-state index >= 15 is 0 Å². The number of amides is 1. The monoisotopic (exact) mass is 310 g/mol. The van der Waals surface area contributed by atoms with Gasteiger partial charge >= 0.3 is 0 Å². The van der Waals surface area contributed by atoms with Crippen LogP contribution in [0.25, 0.3) is 0 Å². The minimum absolute atomic E-state index is 0.0170. The van der Waals surface area contributed by atoms with Gasteiger partial charge in [0.05, 0.1) is 5.92 Å². The first kappa shape index (κ1) is 15.5. The van der Waals surface area contributed by atoms with Crippen LogP contribution in [-0.4, -0.2) is 35.5 Å². The predicted octanol–water partition coefficient (Wildman–Crippen LogP) is 2.05. The summed E-state index contributed by atoms with van der Waals surface area (Å²) in [5, 5.41) is 3.07. The van der Waals surface area contributed by atoms with Crippen molar-refractivity contribution in [1.82, 2.24) is 15.3 Å². The zero-order chi connectivity index (χ0) is 15.9. The Morgan fingerprint density at radius 2 is 1.96 bits per heavy atom. The minimum Gasteiger partial charge on any atom is -0.355 e. The van der Waals surface area contributed by atoms with Gasteiger partial charge in [0.15, 0.2) is 0 Å². The molecule has 0 unspecified atom stereocenters. The van der Waals surface area contributed by atoms with Crippen LogP contribution in [0.4, 0.5) is 5.95 Å². The van der Waals surface area contributed by atoms with Crippen LogP contribution < -0.4 is 10.2 Å². The van der Waals surface area contributed by atoms with Crippen LogP contribution in [0.3, 0.4) is 0 Å². The maximum absolute atomic E-state index is 12.4. The highest BCUT2D eigenvalue weighted by Crippen LogP contribution is 2.20. The average Bonchev–Trinajstić information content (AvgIpc) is 2.63. The number of hydrogen-bond donors (Lipinski definition) is 1. The molecule has 0 spiro atoms. The highest BCUT2D eigenvalue weighted by atomic mass is 16.1. The molecule has 1 aromatic carbocycles. The summed E-state index contributed by atoms with van der Waals surface area (Å²) in [6.07, 6.45) is 6.28. The number of nitrogens with one attached hydrogen (secondary N) is 1. The summed E-state index contributed by atoms with van der Waals surface area (Å²) >= 11 is 0. The van der Waals surface area contributed by atoms with E-state index in [-0.39, 0.29) is 11.8 Å². The highest BCUT2D eigenvalue weighted by Gasteiger charge is 2.26. The van der Waals surface area contributed by atoms with Gasteiger partial charge in [0.1, 0.15) is 0 Å². The molecule has 1 atom stereocenters. The lowest BCUT2D eigenvalue weighted by molar-refractivity contribution is -0.125. The van der Waals surface area contributed by atoms with Gasteiger partial charge in [0.2, 0.25) is 11.9 Å². The van der Waals surface area contributed by atoms with Crippen LogP contribution in [0.2, 0.25) is 0 Å². The van der Waals surface area contributed by atoms with Gasteiger partial charge in [-0.05, 0) is 30.9 Å². The summed E-state index contributed by atoms with van der Waals surface area (Å²) in [6.45, 7) is 2.29. The Morgan fingerprint density at radius 3 is 2.74 bits per heavy atom. The first-order valence-corrected chi connectivity index (χ1v) is 8.16. The third-order valence-corrected chi connectivity index (χ3v) is 4.18. The lowest BCUT2D eigenvalue weighted by Gasteiger charge is -2.31. The summed E-state index contributed by atoms with van der Waals surface area (Å²) < 4.78 is 0. The number of carbonyl (C=O) groups is 1. The molecular weight excluding hydrogens is 288 g/mol. The van der Waals surface area contributed by atoms with E-state index in [1.807, 2.05) is 18.2 Å². The van der Waals surface area contributed by atoms with E-state index in [0.717, 1.165) is 25.8 Å². The SMILES string of the molecule is O=C(NCCc1ccccc1)[C@@H]1CCCN(c2ncccn2)C1. The average molecular weight is 310 g/mol. The van der Waals surface area contributed by atoms with E-state index in [4.69, 9.17) is 0 Å². The van der Waals surface area contributed by atoms with Crippen LogP contribution in [0.5, 0.6) is 0 Å². The zero-order valence-corrected chi connectivity index (χ0v) is 13.2. The van der Waals surface area contributed by atoms with E-state index in [1.54, 1.807) is 18.5 Å². The predicted molar refractivity (Wildman–Crippen MR) is 90.1 cm³/mol. The van der Waals surface area contributed by atoms with E-state index in [9.17, 15) is 4.79 Å². The molecule has 120 valence electrons. The lowest BCUT2D eigenvalue weighted by atomic mass is 9.97. The van der Waals surface area contributed by atoms with Crippen molar-refractivity contribution in [2.45, 2.75) is 19.3 Å². The Balaban J connectivity index is 1.49. The molecule has 0 saturated carbocycles. The van der Waals surface area contributed by atoms with Crippen LogP contribution >= 0.6 is 0 Å². The van der Waals surface area contributed by atoms with Gasteiger partial charge in [-0.15, -0.1) is 0 Å². The minimum atomic E-state index is 0.0170. The van der Waals surface area contributed by atoms with Crippen molar-refractivity contribution in [1.29, 1.82) is 0 Å². The highest BCUT2D eigenvalue weighted by molar-refractivity contribution is 5.79. The second-order valence-electron chi connectivity index (χ2n) is 5.86. The summed E-state index contributed by atoms with van der Waals surface area (Å²) in [4.78, 5) is 23.1. The van der Waals surface area contributed by atoms with Crippen molar-refractivity contribution in [3.63, 3.8) is 0 Å². The first-order chi connectivity index (χ1) is 11.3. The van der Waals surface area contributed by atoms with Crippen LogP contribution in [0, 0.1) is 5.92 Å². The Bertz CT molecular complexity index is 617. The van der Waals surface area contributed by atoms with Crippen molar-refractivity contribution in [3.05, 3.63) is 54.4 Å². The van der Waals surface area contributed by atoms with Crippen LogP contribution in [-0.2, 0) is 11.2 Å². The van der Waals surface area contributed by atoms with Gasteiger partial charge in [0.25, 0.3) is 0 Å². The molecule has 5 heteroatoms. The number of hydrogen-bond acceptors (Lipinski definition) is 4. The Kier molecular flexibility index (Phi) is 5.19. The molecule has 2 heterocycles. The topological polar surface area (TPSA) is 58.1 Å². The fraction of sp³-hybridized carbons (Fsp3) is 0.389. The summed E-state index contributed by atoms with van der Waals surface area (Å²) in [5.74, 6) is 0.874. The Labute approximate surface area is 136 Å². The summed E-state index contributed by atoms with van der Waals surface area (Å²) in [7, 11) is 0. The van der Waals surface area contributed by atoms with Gasteiger partial charge in [0, 0.05) is 32.0 Å². The first-order valence-electron chi connectivity index (χ1n) is 8.16. The number of carbonyl (C=O) groups excluding carboxylic acids is 1.